The molecule has 2 heteroatoms. The van der Waals surface area contributed by atoms with Gasteiger partial charge in [0, 0.05) is 20.2 Å². The van der Waals surface area contributed by atoms with Crippen LogP contribution in [-0.2, 0) is 6.42 Å². The van der Waals surface area contributed by atoms with Crippen LogP contribution in [0.25, 0.3) is 53.6 Å². The van der Waals surface area contributed by atoms with Gasteiger partial charge >= 0.3 is 0 Å². The van der Waals surface area contributed by atoms with Gasteiger partial charge in [-0.2, -0.15) is 0 Å². The van der Waals surface area contributed by atoms with Crippen LogP contribution in [0.15, 0.2) is 164 Å². The van der Waals surface area contributed by atoms with Crippen LogP contribution in [-0.4, -0.2) is 6.71 Å². The van der Waals surface area contributed by atoms with Crippen LogP contribution in [0.4, 0.5) is 0 Å². The number of hydrogen-bond acceptors (Lipinski definition) is 1. The van der Waals surface area contributed by atoms with Gasteiger partial charge in [0.1, 0.15) is 0 Å². The molecule has 0 N–H and O–H groups in total. The molecule has 1 aromatic heterocycles. The molecule has 8 aromatic rings. The Balaban J connectivity index is 1.30. The van der Waals surface area contributed by atoms with E-state index < -0.39 is 0 Å². The van der Waals surface area contributed by atoms with Gasteiger partial charge < -0.3 is 0 Å². The minimum absolute atomic E-state index is 0.180. The molecule has 9 rings (SSSR count). The number of rotatable bonds is 4. The van der Waals surface area contributed by atoms with Crippen molar-refractivity contribution in [2.45, 2.75) is 6.42 Å². The van der Waals surface area contributed by atoms with E-state index in [1.165, 1.54) is 81.1 Å². The Kier molecular flexibility index (Phi) is 6.28. The topological polar surface area (TPSA) is 0 Å². The van der Waals surface area contributed by atoms with Crippen LogP contribution in [0.1, 0.15) is 11.1 Å². The van der Waals surface area contributed by atoms with Gasteiger partial charge in [0.2, 0.25) is 6.71 Å². The molecule has 1 aliphatic rings. The minimum Gasteiger partial charge on any atom is -0.134 e. The average Bonchev–Trinajstić information content (AvgIpc) is 3.50. The first-order valence-corrected chi connectivity index (χ1v) is 16.5. The highest BCUT2D eigenvalue weighted by atomic mass is 32.1. The molecule has 2 heterocycles. The summed E-state index contributed by atoms with van der Waals surface area (Å²) in [6.45, 7) is 0.180. The molecule has 0 unspecified atom stereocenters. The van der Waals surface area contributed by atoms with Gasteiger partial charge in [-0.25, -0.2) is 0 Å². The maximum Gasteiger partial charge on any atom is 0.241 e. The van der Waals surface area contributed by atoms with Crippen LogP contribution < -0.4 is 16.4 Å². The van der Waals surface area contributed by atoms with Gasteiger partial charge in [-0.05, 0) is 57.0 Å². The largest absolute Gasteiger partial charge is 0.241 e. The third kappa shape index (κ3) is 4.45. The standard InChI is InChI=1S/C43H29BS/c1-3-13-29(14-4-1)33-26-34(28-35(27-33)44-40-23-9-7-17-31(40)25-32-18-8-10-24-41(32)44)37-20-12-22-39-38-21-11-19-36(42(38)45-43(37)39)30-15-5-2-6-16-30/h1-24,26-28H,25H2. The van der Waals surface area contributed by atoms with Crippen LogP contribution in [0.3, 0.4) is 0 Å². The normalized spacial score (nSPS) is 12.3. The van der Waals surface area contributed by atoms with Crippen molar-refractivity contribution in [2.75, 3.05) is 0 Å². The van der Waals surface area contributed by atoms with Crippen molar-refractivity contribution in [1.29, 1.82) is 0 Å². The van der Waals surface area contributed by atoms with Gasteiger partial charge in [-0.3, -0.25) is 0 Å². The molecule has 7 aromatic carbocycles. The Morgan fingerprint density at radius 1 is 0.400 bits per heavy atom. The number of benzene rings is 7. The summed E-state index contributed by atoms with van der Waals surface area (Å²) >= 11 is 1.92. The van der Waals surface area contributed by atoms with E-state index in [0.717, 1.165) is 6.42 Å². The third-order valence-corrected chi connectivity index (χ3v) is 10.7. The molecule has 0 aliphatic carbocycles. The lowest BCUT2D eigenvalue weighted by molar-refractivity contribution is 1.21. The molecule has 0 radical (unpaired) electrons. The van der Waals surface area contributed by atoms with Gasteiger partial charge in [-0.15, -0.1) is 11.3 Å². The van der Waals surface area contributed by atoms with Crippen LogP contribution in [0.5, 0.6) is 0 Å². The van der Waals surface area contributed by atoms with Gasteiger partial charge in [0.05, 0.1) is 0 Å². The summed E-state index contributed by atoms with van der Waals surface area (Å²) in [5, 5.41) is 2.65. The molecule has 210 valence electrons. The maximum absolute atomic E-state index is 2.47. The van der Waals surface area contributed by atoms with Crippen molar-refractivity contribution in [3.63, 3.8) is 0 Å². The predicted octanol–water partition coefficient (Wildman–Crippen LogP) is 9.48. The minimum atomic E-state index is 0.180. The highest BCUT2D eigenvalue weighted by Crippen LogP contribution is 2.44. The number of fused-ring (bicyclic) bond motifs is 5. The predicted molar refractivity (Wildman–Crippen MR) is 196 cm³/mol. The lowest BCUT2D eigenvalue weighted by Crippen LogP contribution is -2.56. The summed E-state index contributed by atoms with van der Waals surface area (Å²) in [5.41, 5.74) is 14.7. The van der Waals surface area contributed by atoms with Crippen molar-refractivity contribution >= 4 is 54.6 Å². The summed E-state index contributed by atoms with van der Waals surface area (Å²) in [6, 6.07) is 60.6. The molecule has 0 spiro atoms. The van der Waals surface area contributed by atoms with Gasteiger partial charge in [0.15, 0.2) is 0 Å². The van der Waals surface area contributed by atoms with Crippen molar-refractivity contribution in [2.24, 2.45) is 0 Å². The van der Waals surface area contributed by atoms with Crippen molar-refractivity contribution in [3.05, 3.63) is 175 Å². The Morgan fingerprint density at radius 2 is 0.911 bits per heavy atom. The molecule has 0 saturated heterocycles. The Hall–Kier alpha value is -5.18. The second-order valence-corrected chi connectivity index (χ2v) is 13.1. The first-order valence-electron chi connectivity index (χ1n) is 15.7. The molecule has 0 fully saturated rings. The van der Waals surface area contributed by atoms with E-state index in [-0.39, 0.29) is 6.71 Å². The molecular weight excluding hydrogens is 559 g/mol. The quantitative estimate of drug-likeness (QED) is 0.180. The van der Waals surface area contributed by atoms with Gasteiger partial charge in [-0.1, -0.05) is 174 Å². The van der Waals surface area contributed by atoms with E-state index >= 15 is 0 Å². The Morgan fingerprint density at radius 3 is 1.53 bits per heavy atom. The zero-order valence-electron chi connectivity index (χ0n) is 24.8. The van der Waals surface area contributed by atoms with Crippen molar-refractivity contribution in [1.82, 2.24) is 0 Å². The first kappa shape index (κ1) is 26.2. The molecule has 0 amide bonds. The van der Waals surface area contributed by atoms with E-state index in [0.29, 0.717) is 0 Å². The maximum atomic E-state index is 2.47. The zero-order chi connectivity index (χ0) is 29.7. The molecular formula is C43H29BS. The number of thiophene rings is 1. The molecule has 45 heavy (non-hydrogen) atoms. The second kappa shape index (κ2) is 10.8. The SMILES string of the molecule is c1ccc(-c2cc(B3c4ccccc4Cc4ccccc43)cc(-c3cccc4c3sc3c(-c5ccccc5)cccc34)c2)cc1. The fourth-order valence-corrected chi connectivity index (χ4v) is 8.72. The van der Waals surface area contributed by atoms with Crippen molar-refractivity contribution in [3.8, 4) is 33.4 Å². The Labute approximate surface area is 268 Å². The van der Waals surface area contributed by atoms with E-state index in [1.807, 2.05) is 11.3 Å². The third-order valence-electron chi connectivity index (χ3n) is 9.43. The van der Waals surface area contributed by atoms with Crippen LogP contribution in [0.2, 0.25) is 0 Å². The lowest BCUT2D eigenvalue weighted by Gasteiger charge is -2.27. The van der Waals surface area contributed by atoms with Crippen LogP contribution >= 0.6 is 11.3 Å². The van der Waals surface area contributed by atoms with E-state index in [4.69, 9.17) is 0 Å². The molecule has 0 atom stereocenters. The first-order chi connectivity index (χ1) is 22.3. The highest BCUT2D eigenvalue weighted by molar-refractivity contribution is 7.26. The van der Waals surface area contributed by atoms with Gasteiger partial charge in [0.25, 0.3) is 0 Å². The molecule has 0 saturated carbocycles. The average molecular weight is 589 g/mol. The second-order valence-electron chi connectivity index (χ2n) is 12.0. The van der Waals surface area contributed by atoms with Crippen molar-refractivity contribution < 1.29 is 0 Å². The summed E-state index contributed by atoms with van der Waals surface area (Å²) < 4.78 is 2.69. The van der Waals surface area contributed by atoms with Crippen LogP contribution in [0, 0.1) is 0 Å². The molecule has 0 bridgehead atoms. The zero-order valence-corrected chi connectivity index (χ0v) is 25.6. The monoisotopic (exact) mass is 588 g/mol. The Bertz CT molecular complexity index is 2300. The fourth-order valence-electron chi connectivity index (χ4n) is 7.35. The summed E-state index contributed by atoms with van der Waals surface area (Å²) in [6.07, 6.45) is 0.985. The van der Waals surface area contributed by atoms with E-state index in [1.54, 1.807) is 0 Å². The molecule has 1 aliphatic heterocycles. The fraction of sp³-hybridized carbons (Fsp3) is 0.0233. The molecule has 0 nitrogen and oxygen atoms in total. The lowest BCUT2D eigenvalue weighted by atomic mass is 9.33. The summed E-state index contributed by atoms with van der Waals surface area (Å²) in [7, 11) is 0. The smallest absolute Gasteiger partial charge is 0.134 e. The summed E-state index contributed by atoms with van der Waals surface area (Å²) in [5.74, 6) is 0. The van der Waals surface area contributed by atoms with E-state index in [9.17, 15) is 0 Å². The number of hydrogen-bond donors (Lipinski definition) is 0. The van der Waals surface area contributed by atoms with E-state index in [2.05, 4.69) is 164 Å². The highest BCUT2D eigenvalue weighted by Gasteiger charge is 2.31. The summed E-state index contributed by atoms with van der Waals surface area (Å²) in [4.78, 5) is 0.